The molecule has 0 bridgehead atoms. The van der Waals surface area contributed by atoms with Crippen LogP contribution >= 0.6 is 0 Å². The number of rotatable bonds is 3. The molecule has 27 heavy (non-hydrogen) atoms. The van der Waals surface area contributed by atoms with Crippen LogP contribution in [0.5, 0.6) is 0 Å². The first kappa shape index (κ1) is 21.3. The van der Waals surface area contributed by atoms with Crippen molar-refractivity contribution in [3.63, 3.8) is 0 Å². The molecule has 2 fully saturated rings. The summed E-state index contributed by atoms with van der Waals surface area (Å²) >= 11 is 0. The Morgan fingerprint density at radius 3 is 2.56 bits per heavy atom. The Bertz CT molecular complexity index is 624. The van der Waals surface area contributed by atoms with Gasteiger partial charge in [0.05, 0.1) is 0 Å². The molecule has 3 aliphatic rings. The lowest BCUT2D eigenvalue weighted by molar-refractivity contribution is -0.116. The Hall–Kier alpha value is -2.04. The first-order valence-electron chi connectivity index (χ1n) is 10.00. The van der Waals surface area contributed by atoms with Gasteiger partial charge in [0.2, 0.25) is 5.91 Å². The van der Waals surface area contributed by atoms with Crippen molar-refractivity contribution in [1.29, 1.82) is 0 Å². The van der Waals surface area contributed by atoms with Gasteiger partial charge in [-0.1, -0.05) is 31.2 Å². The van der Waals surface area contributed by atoms with Crippen molar-refractivity contribution >= 4 is 12.0 Å². The van der Waals surface area contributed by atoms with E-state index in [0.29, 0.717) is 12.5 Å². The summed E-state index contributed by atoms with van der Waals surface area (Å²) in [4.78, 5) is 24.5. The molecule has 3 rings (SSSR count). The van der Waals surface area contributed by atoms with Crippen molar-refractivity contribution in [2.24, 2.45) is 17.8 Å². The van der Waals surface area contributed by atoms with Crippen LogP contribution in [0.1, 0.15) is 48.9 Å². The molecular formula is C22H36N2O3. The van der Waals surface area contributed by atoms with Gasteiger partial charge in [0.15, 0.2) is 0 Å². The van der Waals surface area contributed by atoms with Crippen LogP contribution in [0.3, 0.4) is 0 Å². The highest BCUT2D eigenvalue weighted by Crippen LogP contribution is 2.45. The standard InChI is InChI=1S/C12H17NO.C10H17NO2.H2/c1-3-13-12(14)9-8-11-7-5-4-6-10(11)2;1-10(2,3)13-9(12)11-5-7-4-8(7)6-11;/h4-5,7-10H,3,6H2,1-2H3,(H,13,14);7-8H,4-6H2,1-3H3;1H/b9-8+;;/t;7-,8+;. The van der Waals surface area contributed by atoms with Crippen LogP contribution in [0.15, 0.2) is 36.0 Å². The third kappa shape index (κ3) is 7.24. The number of likely N-dealkylation sites (N-methyl/N-ethyl adjacent to an activating group) is 1. The summed E-state index contributed by atoms with van der Waals surface area (Å²) in [6, 6.07) is 0. The van der Waals surface area contributed by atoms with Gasteiger partial charge in [0.1, 0.15) is 5.60 Å². The van der Waals surface area contributed by atoms with E-state index in [1.54, 1.807) is 6.08 Å². The zero-order valence-electron chi connectivity index (χ0n) is 17.3. The molecule has 0 radical (unpaired) electrons. The highest BCUT2D eigenvalue weighted by atomic mass is 16.6. The van der Waals surface area contributed by atoms with E-state index in [0.717, 1.165) is 31.3 Å². The van der Waals surface area contributed by atoms with Crippen molar-refractivity contribution in [2.75, 3.05) is 19.6 Å². The fraction of sp³-hybridized carbons (Fsp3) is 0.636. The van der Waals surface area contributed by atoms with Gasteiger partial charge in [0.25, 0.3) is 0 Å². The molecule has 3 atom stereocenters. The van der Waals surface area contributed by atoms with E-state index < -0.39 is 0 Å². The number of carbonyl (C=O) groups is 2. The predicted molar refractivity (Wildman–Crippen MR) is 110 cm³/mol. The minimum absolute atomic E-state index is 0. The smallest absolute Gasteiger partial charge is 0.410 e. The highest BCUT2D eigenvalue weighted by molar-refractivity contribution is 5.87. The zero-order valence-corrected chi connectivity index (χ0v) is 17.3. The normalized spacial score (nSPS) is 26.0. The van der Waals surface area contributed by atoms with Gasteiger partial charge < -0.3 is 15.0 Å². The molecule has 152 valence electrons. The summed E-state index contributed by atoms with van der Waals surface area (Å²) in [5.74, 6) is 2.07. The minimum Gasteiger partial charge on any atom is -0.444 e. The van der Waals surface area contributed by atoms with Gasteiger partial charge in [-0.15, -0.1) is 0 Å². The maximum absolute atomic E-state index is 11.5. The summed E-state index contributed by atoms with van der Waals surface area (Å²) in [6.07, 6.45) is 12.0. The molecule has 0 aromatic carbocycles. The topological polar surface area (TPSA) is 58.6 Å². The number of piperidine rings is 1. The number of carbonyl (C=O) groups excluding carboxylic acids is 2. The first-order chi connectivity index (χ1) is 12.7. The Morgan fingerprint density at radius 1 is 1.33 bits per heavy atom. The minimum atomic E-state index is -0.357. The number of hydrogen-bond acceptors (Lipinski definition) is 3. The van der Waals surface area contributed by atoms with Crippen molar-refractivity contribution in [2.45, 2.75) is 53.1 Å². The quantitative estimate of drug-likeness (QED) is 0.746. The number of likely N-dealkylation sites (tertiary alicyclic amines) is 1. The van der Waals surface area contributed by atoms with Crippen LogP contribution < -0.4 is 5.32 Å². The summed E-state index contributed by atoms with van der Waals surface area (Å²) in [5.41, 5.74) is 0.864. The van der Waals surface area contributed by atoms with E-state index in [-0.39, 0.29) is 19.0 Å². The maximum Gasteiger partial charge on any atom is 0.410 e. The van der Waals surface area contributed by atoms with Crippen molar-refractivity contribution < 1.29 is 15.8 Å². The highest BCUT2D eigenvalue weighted by Gasteiger charge is 2.47. The largest absolute Gasteiger partial charge is 0.444 e. The Labute approximate surface area is 165 Å². The number of allylic oxidation sites excluding steroid dienone is 5. The SMILES string of the molecule is CC(C)(C)OC(=O)N1C[C@H]2C[C@H]2C1.CCNC(=O)/C=C/C1=CC=CCC1C.[HH]. The second-order valence-electron chi connectivity index (χ2n) is 8.60. The van der Waals surface area contributed by atoms with Gasteiger partial charge in [0, 0.05) is 27.1 Å². The van der Waals surface area contributed by atoms with Crippen LogP contribution in [0, 0.1) is 17.8 Å². The molecule has 0 spiro atoms. The van der Waals surface area contributed by atoms with Gasteiger partial charge in [-0.25, -0.2) is 4.79 Å². The lowest BCUT2D eigenvalue weighted by Gasteiger charge is -2.25. The average molecular weight is 377 g/mol. The van der Waals surface area contributed by atoms with Crippen LogP contribution in [-0.4, -0.2) is 42.1 Å². The molecular weight excluding hydrogens is 340 g/mol. The lowest BCUT2D eigenvalue weighted by Crippen LogP contribution is -2.36. The van der Waals surface area contributed by atoms with Crippen LogP contribution in [0.4, 0.5) is 4.79 Å². The molecule has 5 heteroatoms. The summed E-state index contributed by atoms with van der Waals surface area (Å²) < 4.78 is 5.28. The predicted octanol–water partition coefficient (Wildman–Crippen LogP) is 4.32. The van der Waals surface area contributed by atoms with E-state index in [4.69, 9.17) is 4.74 Å². The molecule has 1 N–H and O–H groups in total. The van der Waals surface area contributed by atoms with Gasteiger partial charge >= 0.3 is 6.09 Å². The Balaban J connectivity index is 0.000000271. The Kier molecular flexibility index (Phi) is 7.28. The Morgan fingerprint density at radius 2 is 2.00 bits per heavy atom. The molecule has 2 amide bonds. The zero-order chi connectivity index (χ0) is 20.0. The molecule has 1 unspecified atom stereocenters. The van der Waals surface area contributed by atoms with Crippen molar-refractivity contribution in [3.05, 3.63) is 36.0 Å². The van der Waals surface area contributed by atoms with Gasteiger partial charge in [-0.2, -0.15) is 0 Å². The summed E-state index contributed by atoms with van der Waals surface area (Å²) in [7, 11) is 0. The van der Waals surface area contributed by atoms with E-state index in [1.165, 1.54) is 12.0 Å². The fourth-order valence-electron chi connectivity index (χ4n) is 3.26. The van der Waals surface area contributed by atoms with E-state index in [2.05, 4.69) is 24.4 Å². The molecule has 0 aromatic heterocycles. The number of hydrogen-bond donors (Lipinski definition) is 1. The molecule has 1 aliphatic heterocycles. The van der Waals surface area contributed by atoms with Crippen LogP contribution in [-0.2, 0) is 9.53 Å². The number of nitrogens with zero attached hydrogens (tertiary/aromatic N) is 1. The average Bonchev–Trinajstić information content (AvgIpc) is 3.19. The molecule has 0 aromatic rings. The molecule has 1 saturated heterocycles. The second kappa shape index (κ2) is 9.25. The van der Waals surface area contributed by atoms with Crippen molar-refractivity contribution in [1.82, 2.24) is 10.2 Å². The third-order valence-electron chi connectivity index (χ3n) is 4.89. The number of nitrogens with one attached hydrogen (secondary N) is 1. The van der Waals surface area contributed by atoms with E-state index in [9.17, 15) is 9.59 Å². The second-order valence-corrected chi connectivity index (χ2v) is 8.60. The van der Waals surface area contributed by atoms with E-state index in [1.807, 2.05) is 44.7 Å². The summed E-state index contributed by atoms with van der Waals surface area (Å²) in [5, 5.41) is 2.73. The lowest BCUT2D eigenvalue weighted by atomic mass is 9.93. The van der Waals surface area contributed by atoms with Crippen LogP contribution in [0.25, 0.3) is 0 Å². The molecule has 2 aliphatic carbocycles. The van der Waals surface area contributed by atoms with Crippen molar-refractivity contribution in [3.8, 4) is 0 Å². The third-order valence-corrected chi connectivity index (χ3v) is 4.89. The van der Waals surface area contributed by atoms with Gasteiger partial charge in [-0.3, -0.25) is 4.79 Å². The van der Waals surface area contributed by atoms with E-state index >= 15 is 0 Å². The van der Waals surface area contributed by atoms with Crippen LogP contribution in [0.2, 0.25) is 0 Å². The summed E-state index contributed by atoms with van der Waals surface area (Å²) in [6.45, 7) is 12.3. The number of fused-ring (bicyclic) bond motifs is 1. The van der Waals surface area contributed by atoms with Gasteiger partial charge in [-0.05, 0) is 63.9 Å². The monoisotopic (exact) mass is 376 g/mol. The molecule has 5 nitrogen and oxygen atoms in total. The molecule has 1 heterocycles. The molecule has 1 saturated carbocycles. The fourth-order valence-corrected chi connectivity index (χ4v) is 3.26. The number of amides is 2. The maximum atomic E-state index is 11.5. The number of ether oxygens (including phenoxy) is 1. The first-order valence-corrected chi connectivity index (χ1v) is 10.00.